The fourth-order valence-corrected chi connectivity index (χ4v) is 3.88. The molecule has 2 heterocycles. The van der Waals surface area contributed by atoms with Crippen LogP contribution in [0.15, 0.2) is 53.4 Å². The second-order valence-electron chi connectivity index (χ2n) is 6.74. The number of carbonyl (C=O) groups is 1. The lowest BCUT2D eigenvalue weighted by atomic mass is 9.95. The zero-order chi connectivity index (χ0) is 18.4. The number of aromatic amines is 1. The Balaban J connectivity index is 1.42. The van der Waals surface area contributed by atoms with Crippen LogP contribution < -0.4 is 5.32 Å². The van der Waals surface area contributed by atoms with Gasteiger partial charge in [0.25, 0.3) is 0 Å². The Hall–Kier alpha value is -3.06. The topological polar surface area (TPSA) is 70.7 Å². The zero-order valence-electron chi connectivity index (χ0n) is 14.2. The quantitative estimate of drug-likeness (QED) is 0.549. The number of H-pyrrole nitrogens is 1. The van der Waals surface area contributed by atoms with E-state index in [1.165, 1.54) is 23.5 Å². The smallest absolute Gasteiger partial charge is 0.235 e. The second-order valence-corrected chi connectivity index (χ2v) is 7.46. The summed E-state index contributed by atoms with van der Waals surface area (Å²) in [5.74, 6) is 0.273. The van der Waals surface area contributed by atoms with Crippen LogP contribution in [0.25, 0.3) is 22.6 Å². The van der Waals surface area contributed by atoms with E-state index in [4.69, 9.17) is 0 Å². The first-order valence-corrected chi connectivity index (χ1v) is 9.54. The molecule has 0 aliphatic heterocycles. The highest BCUT2D eigenvalue weighted by molar-refractivity contribution is 7.07. The van der Waals surface area contributed by atoms with Gasteiger partial charge in [-0.25, -0.2) is 14.4 Å². The van der Waals surface area contributed by atoms with E-state index < -0.39 is 5.41 Å². The number of nitrogens with one attached hydrogen (secondary N) is 2. The summed E-state index contributed by atoms with van der Waals surface area (Å²) < 4.78 is 13.6. The van der Waals surface area contributed by atoms with Crippen molar-refractivity contribution < 1.29 is 9.18 Å². The van der Waals surface area contributed by atoms with Gasteiger partial charge in [-0.3, -0.25) is 4.79 Å². The number of hydrogen-bond acceptors (Lipinski definition) is 4. The van der Waals surface area contributed by atoms with Gasteiger partial charge in [-0.05, 0) is 48.7 Å². The van der Waals surface area contributed by atoms with Gasteiger partial charge in [-0.1, -0.05) is 12.1 Å². The lowest BCUT2D eigenvalue weighted by molar-refractivity contribution is -0.118. The number of carbonyl (C=O) groups excluding carboxylic acids is 1. The number of benzene rings is 2. The predicted octanol–water partition coefficient (Wildman–Crippen LogP) is 4.50. The average molecular weight is 378 g/mol. The number of amides is 1. The Morgan fingerprint density at radius 1 is 1.22 bits per heavy atom. The molecule has 1 fully saturated rings. The summed E-state index contributed by atoms with van der Waals surface area (Å²) in [7, 11) is 0. The van der Waals surface area contributed by atoms with Crippen molar-refractivity contribution in [2.24, 2.45) is 0 Å². The second kappa shape index (κ2) is 5.99. The highest BCUT2D eigenvalue weighted by atomic mass is 32.1. The molecule has 4 aromatic rings. The van der Waals surface area contributed by atoms with Crippen molar-refractivity contribution in [3.05, 3.63) is 64.7 Å². The van der Waals surface area contributed by atoms with Crippen LogP contribution in [0.5, 0.6) is 0 Å². The van der Waals surface area contributed by atoms with Gasteiger partial charge >= 0.3 is 0 Å². The molecule has 2 aromatic heterocycles. The van der Waals surface area contributed by atoms with Crippen molar-refractivity contribution in [1.82, 2.24) is 15.0 Å². The highest BCUT2D eigenvalue weighted by Crippen LogP contribution is 2.49. The first-order chi connectivity index (χ1) is 13.1. The van der Waals surface area contributed by atoms with Gasteiger partial charge in [0, 0.05) is 11.1 Å². The molecule has 1 amide bonds. The predicted molar refractivity (Wildman–Crippen MR) is 103 cm³/mol. The molecule has 1 aliphatic carbocycles. The van der Waals surface area contributed by atoms with Crippen LogP contribution in [0, 0.1) is 5.82 Å². The molecule has 2 aromatic carbocycles. The maximum absolute atomic E-state index is 13.6. The van der Waals surface area contributed by atoms with E-state index in [1.807, 2.05) is 29.6 Å². The van der Waals surface area contributed by atoms with Crippen molar-refractivity contribution >= 4 is 34.0 Å². The van der Waals surface area contributed by atoms with Crippen molar-refractivity contribution in [2.45, 2.75) is 18.3 Å². The van der Waals surface area contributed by atoms with Crippen molar-refractivity contribution in [2.75, 3.05) is 5.32 Å². The molecule has 0 radical (unpaired) electrons. The summed E-state index contributed by atoms with van der Waals surface area (Å²) in [6.07, 6.45) is 1.45. The average Bonchev–Trinajstić information content (AvgIpc) is 3.10. The number of fused-ring (bicyclic) bond motifs is 1. The largest absolute Gasteiger partial charge is 0.337 e. The van der Waals surface area contributed by atoms with E-state index in [-0.39, 0.29) is 11.7 Å². The molecule has 0 bridgehead atoms. The molecule has 27 heavy (non-hydrogen) atoms. The van der Waals surface area contributed by atoms with Crippen molar-refractivity contribution in [3.63, 3.8) is 0 Å². The molecule has 5 nitrogen and oxygen atoms in total. The minimum absolute atomic E-state index is 0.109. The number of nitrogens with zero attached hydrogens (tertiary/aromatic N) is 2. The molecule has 0 unspecified atom stereocenters. The third-order valence-electron chi connectivity index (χ3n) is 4.98. The Kier molecular flexibility index (Phi) is 3.58. The van der Waals surface area contributed by atoms with Crippen LogP contribution >= 0.6 is 11.3 Å². The van der Waals surface area contributed by atoms with E-state index >= 15 is 0 Å². The van der Waals surface area contributed by atoms with Gasteiger partial charge in [0.05, 0.1) is 22.0 Å². The Morgan fingerprint density at radius 3 is 2.85 bits per heavy atom. The fraction of sp³-hybridized carbons (Fsp3) is 0.150. The first kappa shape index (κ1) is 16.1. The minimum Gasteiger partial charge on any atom is -0.337 e. The van der Waals surface area contributed by atoms with E-state index in [2.05, 4.69) is 20.3 Å². The van der Waals surface area contributed by atoms with Gasteiger partial charge in [-0.2, -0.15) is 0 Å². The normalized spacial score (nSPS) is 15.0. The van der Waals surface area contributed by atoms with Crippen LogP contribution in [0.1, 0.15) is 18.4 Å². The number of anilines is 1. The van der Waals surface area contributed by atoms with Gasteiger partial charge in [0.1, 0.15) is 11.5 Å². The molecule has 0 saturated heterocycles. The molecule has 5 rings (SSSR count). The first-order valence-electron chi connectivity index (χ1n) is 8.60. The van der Waals surface area contributed by atoms with Crippen LogP contribution in [-0.4, -0.2) is 20.9 Å². The molecule has 7 heteroatoms. The number of aromatic nitrogens is 3. The lowest BCUT2D eigenvalue weighted by Gasteiger charge is -2.16. The Bertz CT molecular complexity index is 1150. The van der Waals surface area contributed by atoms with Crippen molar-refractivity contribution in [1.29, 1.82) is 0 Å². The molecule has 1 aliphatic rings. The maximum atomic E-state index is 13.6. The summed E-state index contributed by atoms with van der Waals surface area (Å²) in [5.41, 5.74) is 4.96. The number of halogens is 1. The van der Waals surface area contributed by atoms with Gasteiger partial charge < -0.3 is 10.3 Å². The fourth-order valence-electron chi connectivity index (χ4n) is 3.34. The third kappa shape index (κ3) is 2.80. The number of rotatable bonds is 4. The van der Waals surface area contributed by atoms with Crippen LogP contribution in [0.4, 0.5) is 10.1 Å². The SMILES string of the molecule is O=C(Nc1ccc2[nH]c(-c3cscn3)nc2c1)C1(c2cccc(F)c2)CC1. The summed E-state index contributed by atoms with van der Waals surface area (Å²) in [5, 5.41) is 4.90. The maximum Gasteiger partial charge on any atom is 0.235 e. The number of imidazole rings is 1. The van der Waals surface area contributed by atoms with Crippen LogP contribution in [-0.2, 0) is 10.2 Å². The van der Waals surface area contributed by atoms with Gasteiger partial charge in [0.15, 0.2) is 5.82 Å². The summed E-state index contributed by atoms with van der Waals surface area (Å²) in [4.78, 5) is 24.9. The molecular weight excluding hydrogens is 363 g/mol. The summed E-state index contributed by atoms with van der Waals surface area (Å²) in [6.45, 7) is 0. The van der Waals surface area contributed by atoms with Crippen LogP contribution in [0.3, 0.4) is 0 Å². The van der Waals surface area contributed by atoms with Gasteiger partial charge in [0.2, 0.25) is 5.91 Å². The van der Waals surface area contributed by atoms with Gasteiger partial charge in [-0.15, -0.1) is 11.3 Å². The monoisotopic (exact) mass is 378 g/mol. The van der Waals surface area contributed by atoms with E-state index in [0.29, 0.717) is 11.5 Å². The third-order valence-corrected chi connectivity index (χ3v) is 5.56. The minimum atomic E-state index is -0.631. The molecule has 134 valence electrons. The van der Waals surface area contributed by atoms with Crippen LogP contribution in [0.2, 0.25) is 0 Å². The van der Waals surface area contributed by atoms with Crippen molar-refractivity contribution in [3.8, 4) is 11.5 Å². The molecular formula is C20H15FN4OS. The molecule has 2 N–H and O–H groups in total. The van der Waals surface area contributed by atoms with E-state index in [0.717, 1.165) is 35.1 Å². The summed E-state index contributed by atoms with van der Waals surface area (Å²) >= 11 is 1.51. The van der Waals surface area contributed by atoms with E-state index in [1.54, 1.807) is 11.6 Å². The Labute approximate surface area is 158 Å². The Morgan fingerprint density at radius 2 is 2.11 bits per heavy atom. The standard InChI is InChI=1S/C20H15FN4OS/c21-13-3-1-2-12(8-13)20(6-7-20)19(26)23-14-4-5-15-16(9-14)25-18(24-15)17-10-27-11-22-17/h1-5,8-11H,6-7H2,(H,23,26)(H,24,25). The highest BCUT2D eigenvalue weighted by Gasteiger charge is 2.51. The molecule has 1 saturated carbocycles. The number of hydrogen-bond donors (Lipinski definition) is 2. The molecule has 0 atom stereocenters. The molecule has 0 spiro atoms. The summed E-state index contributed by atoms with van der Waals surface area (Å²) in [6, 6.07) is 11.9. The zero-order valence-corrected chi connectivity index (χ0v) is 15.0. The van der Waals surface area contributed by atoms with E-state index in [9.17, 15) is 9.18 Å². The lowest BCUT2D eigenvalue weighted by Crippen LogP contribution is -2.27. The number of thiazole rings is 1.